The van der Waals surface area contributed by atoms with Gasteiger partial charge in [-0.15, -0.1) is 0 Å². The molecule has 1 aromatic carbocycles. The Morgan fingerprint density at radius 2 is 1.48 bits per heavy atom. The molecular weight excluding hydrogens is 308 g/mol. The van der Waals surface area contributed by atoms with Gasteiger partial charge in [0.2, 0.25) is 0 Å². The lowest BCUT2D eigenvalue weighted by Crippen LogP contribution is -2.21. The molecule has 0 saturated heterocycles. The molecule has 23 heavy (non-hydrogen) atoms. The van der Waals surface area contributed by atoms with E-state index in [-0.39, 0.29) is 17.5 Å². The van der Waals surface area contributed by atoms with Crippen LogP contribution in [0.2, 0.25) is 0 Å². The molecule has 0 unspecified atom stereocenters. The number of carboxylic acids is 3. The molecule has 0 saturated carbocycles. The average Bonchev–Trinajstić information content (AvgIpc) is 2.45. The van der Waals surface area contributed by atoms with E-state index >= 15 is 0 Å². The van der Waals surface area contributed by atoms with Crippen LogP contribution in [0.5, 0.6) is 5.75 Å². The van der Waals surface area contributed by atoms with Crippen LogP contribution in [0.1, 0.15) is 49.1 Å². The smallest absolute Gasteiger partial charge is 0.340 e. The van der Waals surface area contributed by atoms with E-state index in [2.05, 4.69) is 6.58 Å². The molecule has 0 aliphatic rings. The minimum atomic E-state index is -1.75. The quantitative estimate of drug-likeness (QED) is 0.409. The highest BCUT2D eigenvalue weighted by molar-refractivity contribution is 6.12. The molecule has 0 aromatic heterocycles. The average molecular weight is 322 g/mol. The highest BCUT2D eigenvalue weighted by Gasteiger charge is 2.33. The van der Waals surface area contributed by atoms with Gasteiger partial charge in [0.25, 0.3) is 0 Å². The molecule has 1 aromatic rings. The molecule has 8 nitrogen and oxygen atoms in total. The minimum Gasteiger partial charge on any atom is -0.478 e. The molecule has 0 radical (unpaired) electrons. The molecule has 0 aliphatic heterocycles. The second-order valence-corrected chi connectivity index (χ2v) is 4.45. The van der Waals surface area contributed by atoms with Crippen molar-refractivity contribution in [3.8, 4) is 5.75 Å². The van der Waals surface area contributed by atoms with Gasteiger partial charge in [0.1, 0.15) is 11.3 Å². The monoisotopic (exact) mass is 322 g/mol. The van der Waals surface area contributed by atoms with Gasteiger partial charge in [0, 0.05) is 6.08 Å². The molecule has 0 fully saturated rings. The van der Waals surface area contributed by atoms with Crippen molar-refractivity contribution in [2.75, 3.05) is 0 Å². The lowest BCUT2D eigenvalue weighted by molar-refractivity contribution is -0.129. The number of hydrogen-bond donors (Lipinski definition) is 3. The largest absolute Gasteiger partial charge is 0.478 e. The van der Waals surface area contributed by atoms with E-state index in [0.29, 0.717) is 0 Å². The van der Waals surface area contributed by atoms with E-state index in [1.807, 2.05) is 0 Å². The molecule has 8 heteroatoms. The van der Waals surface area contributed by atoms with Crippen LogP contribution in [-0.2, 0) is 11.2 Å². The Morgan fingerprint density at radius 3 is 1.83 bits per heavy atom. The fourth-order valence-corrected chi connectivity index (χ4v) is 2.26. The summed E-state index contributed by atoms with van der Waals surface area (Å²) < 4.78 is 4.89. The van der Waals surface area contributed by atoms with Gasteiger partial charge in [-0.1, -0.05) is 13.5 Å². The number of ether oxygens (including phenoxy) is 1. The maximum Gasteiger partial charge on any atom is 0.340 e. The molecule has 3 N–H and O–H groups in total. The number of carbonyl (C=O) groups excluding carboxylic acids is 1. The third kappa shape index (κ3) is 3.20. The summed E-state index contributed by atoms with van der Waals surface area (Å²) in [6.45, 7) is 6.09. The standard InChI is InChI=1S/C15H14O8/c1-4-7-6(3)9(13(17)18)10(14(19)20)11(15(21)22)12(7)23-8(16)5-2/h5H,2,4H2,1,3H3,(H,17,18)(H,19,20)(H,21,22). The lowest BCUT2D eigenvalue weighted by atomic mass is 9.89. The van der Waals surface area contributed by atoms with Crippen molar-refractivity contribution in [1.82, 2.24) is 0 Å². The number of benzene rings is 1. The summed E-state index contributed by atoms with van der Waals surface area (Å²) in [5.41, 5.74) is -2.32. The Morgan fingerprint density at radius 1 is 1.00 bits per heavy atom. The highest BCUT2D eigenvalue weighted by atomic mass is 16.5. The van der Waals surface area contributed by atoms with E-state index in [9.17, 15) is 34.5 Å². The van der Waals surface area contributed by atoms with E-state index in [0.717, 1.165) is 6.08 Å². The van der Waals surface area contributed by atoms with Crippen molar-refractivity contribution in [2.45, 2.75) is 20.3 Å². The molecule has 0 atom stereocenters. The number of rotatable bonds is 6. The second kappa shape index (κ2) is 6.73. The van der Waals surface area contributed by atoms with E-state index in [4.69, 9.17) is 4.74 Å². The van der Waals surface area contributed by atoms with Crippen LogP contribution in [0, 0.1) is 6.92 Å². The van der Waals surface area contributed by atoms with Crippen LogP contribution >= 0.6 is 0 Å². The third-order valence-corrected chi connectivity index (χ3v) is 3.19. The fourth-order valence-electron chi connectivity index (χ4n) is 2.26. The van der Waals surface area contributed by atoms with E-state index < -0.39 is 46.3 Å². The number of esters is 1. The Labute approximate surface area is 130 Å². The molecule has 122 valence electrons. The number of carbonyl (C=O) groups is 4. The first-order valence-corrected chi connectivity index (χ1v) is 6.40. The Bertz CT molecular complexity index is 730. The van der Waals surface area contributed by atoms with Gasteiger partial charge in [-0.3, -0.25) is 0 Å². The lowest BCUT2D eigenvalue weighted by Gasteiger charge is -2.18. The summed E-state index contributed by atoms with van der Waals surface area (Å²) in [7, 11) is 0. The molecule has 0 bridgehead atoms. The molecule has 1 rings (SSSR count). The number of aromatic carboxylic acids is 3. The number of hydrogen-bond acceptors (Lipinski definition) is 5. The van der Waals surface area contributed by atoms with Gasteiger partial charge < -0.3 is 20.1 Å². The first-order chi connectivity index (χ1) is 10.7. The second-order valence-electron chi connectivity index (χ2n) is 4.45. The molecule has 0 spiro atoms. The van der Waals surface area contributed by atoms with Crippen LogP contribution in [-0.4, -0.2) is 39.2 Å². The van der Waals surface area contributed by atoms with Crippen LogP contribution in [0.25, 0.3) is 0 Å². The van der Waals surface area contributed by atoms with Gasteiger partial charge in [-0.2, -0.15) is 0 Å². The SMILES string of the molecule is C=CC(=O)Oc1c(CC)c(C)c(C(=O)O)c(C(=O)O)c1C(=O)O. The van der Waals surface area contributed by atoms with E-state index in [1.54, 1.807) is 6.92 Å². The van der Waals surface area contributed by atoms with Crippen molar-refractivity contribution >= 4 is 23.9 Å². The van der Waals surface area contributed by atoms with Gasteiger partial charge >= 0.3 is 23.9 Å². The van der Waals surface area contributed by atoms with Gasteiger partial charge in [-0.25, -0.2) is 19.2 Å². The zero-order chi connectivity index (χ0) is 17.9. The minimum absolute atomic E-state index is 0.0225. The van der Waals surface area contributed by atoms with E-state index in [1.165, 1.54) is 6.92 Å². The van der Waals surface area contributed by atoms with Crippen LogP contribution in [0.15, 0.2) is 12.7 Å². The molecular formula is C15H14O8. The summed E-state index contributed by atoms with van der Waals surface area (Å²) in [5.74, 6) is -6.52. The fraction of sp³-hybridized carbons (Fsp3) is 0.200. The van der Waals surface area contributed by atoms with Gasteiger partial charge in [-0.05, 0) is 24.5 Å². The Balaban J connectivity index is 4.05. The summed E-state index contributed by atoms with van der Waals surface area (Å²) >= 11 is 0. The summed E-state index contributed by atoms with van der Waals surface area (Å²) in [4.78, 5) is 45.8. The van der Waals surface area contributed by atoms with Crippen molar-refractivity contribution in [2.24, 2.45) is 0 Å². The predicted molar refractivity (Wildman–Crippen MR) is 77.3 cm³/mol. The van der Waals surface area contributed by atoms with Crippen LogP contribution in [0.4, 0.5) is 0 Å². The maximum absolute atomic E-state index is 11.5. The molecule has 0 aliphatic carbocycles. The van der Waals surface area contributed by atoms with Gasteiger partial charge in [0.15, 0.2) is 0 Å². The summed E-state index contributed by atoms with van der Waals surface area (Å²) in [6, 6.07) is 0. The first kappa shape index (κ1) is 17.9. The molecule has 0 amide bonds. The predicted octanol–water partition coefficient (Wildman–Crippen LogP) is 1.74. The number of carboxylic acid groups (broad SMARTS) is 3. The zero-order valence-corrected chi connectivity index (χ0v) is 12.4. The van der Waals surface area contributed by atoms with Crippen molar-refractivity contribution in [1.29, 1.82) is 0 Å². The topological polar surface area (TPSA) is 138 Å². The Kier molecular flexibility index (Phi) is 5.24. The van der Waals surface area contributed by atoms with Crippen molar-refractivity contribution in [3.05, 3.63) is 40.5 Å². The molecule has 0 heterocycles. The van der Waals surface area contributed by atoms with Crippen LogP contribution < -0.4 is 4.74 Å². The third-order valence-electron chi connectivity index (χ3n) is 3.19. The Hall–Kier alpha value is -3.16. The van der Waals surface area contributed by atoms with Crippen molar-refractivity contribution in [3.63, 3.8) is 0 Å². The maximum atomic E-state index is 11.5. The van der Waals surface area contributed by atoms with Crippen molar-refractivity contribution < 1.29 is 39.2 Å². The van der Waals surface area contributed by atoms with Gasteiger partial charge in [0.05, 0.1) is 11.1 Å². The summed E-state index contributed by atoms with van der Waals surface area (Å²) in [5, 5.41) is 27.8. The highest BCUT2D eigenvalue weighted by Crippen LogP contribution is 2.35. The normalized spacial score (nSPS) is 10.0. The van der Waals surface area contributed by atoms with Crippen LogP contribution in [0.3, 0.4) is 0 Å². The summed E-state index contributed by atoms with van der Waals surface area (Å²) in [6.07, 6.45) is 0.915. The first-order valence-electron chi connectivity index (χ1n) is 6.40. The zero-order valence-electron chi connectivity index (χ0n) is 12.4.